The van der Waals surface area contributed by atoms with Crippen LogP contribution in [0.4, 0.5) is 0 Å². The molecule has 2 atom stereocenters. The summed E-state index contributed by atoms with van der Waals surface area (Å²) >= 11 is 0. The van der Waals surface area contributed by atoms with Crippen LogP contribution in [0.2, 0.25) is 0 Å². The molecule has 1 aliphatic heterocycles. The van der Waals surface area contributed by atoms with Gasteiger partial charge in [-0.15, -0.1) is 5.10 Å². The van der Waals surface area contributed by atoms with Gasteiger partial charge >= 0.3 is 5.97 Å². The lowest BCUT2D eigenvalue weighted by Crippen LogP contribution is -2.34. The Morgan fingerprint density at radius 2 is 2.13 bits per heavy atom. The van der Waals surface area contributed by atoms with Crippen molar-refractivity contribution in [2.45, 2.75) is 33.4 Å². The molecular formula is C18H22N2O3. The molecule has 2 aromatic rings. The number of hydrogen-bond donors (Lipinski definition) is 0. The van der Waals surface area contributed by atoms with Crippen LogP contribution < -0.4 is 4.74 Å². The van der Waals surface area contributed by atoms with Crippen LogP contribution in [0.5, 0.6) is 5.88 Å². The first-order valence-electron chi connectivity index (χ1n) is 8.07. The minimum Gasteiger partial charge on any atom is -0.472 e. The summed E-state index contributed by atoms with van der Waals surface area (Å²) in [6.07, 6.45) is 0.654. The van der Waals surface area contributed by atoms with Crippen LogP contribution >= 0.6 is 0 Å². The second-order valence-electron chi connectivity index (χ2n) is 5.97. The van der Waals surface area contributed by atoms with Gasteiger partial charge in [-0.25, -0.2) is 0 Å². The van der Waals surface area contributed by atoms with Crippen molar-refractivity contribution in [3.63, 3.8) is 0 Å². The molecule has 122 valence electrons. The number of rotatable bonds is 5. The number of carbonyl (C=O) groups excluding carboxylic acids is 1. The fraction of sp³-hybridized carbons (Fsp3) is 0.444. The van der Waals surface area contributed by atoms with E-state index >= 15 is 0 Å². The van der Waals surface area contributed by atoms with E-state index < -0.39 is 0 Å². The van der Waals surface area contributed by atoms with Crippen LogP contribution in [0, 0.1) is 11.8 Å². The number of ether oxygens (including phenoxy) is 2. The molecule has 1 aliphatic rings. The molecule has 0 saturated carbocycles. The molecule has 0 radical (unpaired) electrons. The van der Waals surface area contributed by atoms with Crippen molar-refractivity contribution in [1.82, 2.24) is 9.78 Å². The second-order valence-corrected chi connectivity index (χ2v) is 5.97. The van der Waals surface area contributed by atoms with Gasteiger partial charge in [0.05, 0.1) is 12.5 Å². The first-order valence-corrected chi connectivity index (χ1v) is 8.07. The second kappa shape index (κ2) is 6.86. The summed E-state index contributed by atoms with van der Waals surface area (Å²) in [5.41, 5.74) is 2.14. The zero-order chi connectivity index (χ0) is 16.2. The number of aromatic nitrogens is 2. The first-order chi connectivity index (χ1) is 11.2. The molecule has 3 rings (SSSR count). The fourth-order valence-electron chi connectivity index (χ4n) is 2.94. The molecule has 2 heterocycles. The van der Waals surface area contributed by atoms with Gasteiger partial charge in [-0.05, 0) is 18.4 Å². The van der Waals surface area contributed by atoms with Crippen LogP contribution in [0.25, 0.3) is 0 Å². The van der Waals surface area contributed by atoms with Crippen LogP contribution in [-0.2, 0) is 29.1 Å². The van der Waals surface area contributed by atoms with E-state index in [2.05, 4.69) is 12.0 Å². The maximum atomic E-state index is 12.1. The number of esters is 1. The number of carbonyl (C=O) groups is 1. The Hall–Kier alpha value is -2.30. The highest BCUT2D eigenvalue weighted by Gasteiger charge is 2.33. The molecule has 0 bridgehead atoms. The number of hydrogen-bond acceptors (Lipinski definition) is 4. The third-order valence-electron chi connectivity index (χ3n) is 4.24. The first kappa shape index (κ1) is 15.6. The summed E-state index contributed by atoms with van der Waals surface area (Å²) in [5, 5.41) is 4.50. The van der Waals surface area contributed by atoms with Crippen molar-refractivity contribution in [3.05, 3.63) is 47.7 Å². The van der Waals surface area contributed by atoms with Crippen molar-refractivity contribution < 1.29 is 14.3 Å². The highest BCUT2D eigenvalue weighted by molar-refractivity contribution is 5.73. The lowest BCUT2D eigenvalue weighted by atomic mass is 9.87. The van der Waals surface area contributed by atoms with Crippen molar-refractivity contribution in [2.75, 3.05) is 6.61 Å². The quantitative estimate of drug-likeness (QED) is 0.796. The van der Waals surface area contributed by atoms with Gasteiger partial charge in [0.15, 0.2) is 0 Å². The summed E-state index contributed by atoms with van der Waals surface area (Å²) < 4.78 is 12.9. The predicted octanol–water partition coefficient (Wildman–Crippen LogP) is 2.83. The Morgan fingerprint density at radius 3 is 2.87 bits per heavy atom. The van der Waals surface area contributed by atoms with E-state index in [0.717, 1.165) is 11.3 Å². The van der Waals surface area contributed by atoms with Crippen molar-refractivity contribution >= 4 is 5.97 Å². The van der Waals surface area contributed by atoms with Gasteiger partial charge < -0.3 is 9.47 Å². The Bertz CT molecular complexity index is 666. The lowest BCUT2D eigenvalue weighted by molar-refractivity contribution is -0.150. The van der Waals surface area contributed by atoms with E-state index in [1.54, 1.807) is 0 Å². The molecule has 23 heavy (non-hydrogen) atoms. The molecule has 0 aliphatic carbocycles. The Balaban J connectivity index is 1.67. The van der Waals surface area contributed by atoms with E-state index in [0.29, 0.717) is 32.1 Å². The summed E-state index contributed by atoms with van der Waals surface area (Å²) in [5.74, 6) is 0.615. The maximum Gasteiger partial charge on any atom is 0.309 e. The highest BCUT2D eigenvalue weighted by atomic mass is 16.5. The molecule has 1 aromatic carbocycles. The molecule has 0 fully saturated rings. The van der Waals surface area contributed by atoms with Crippen LogP contribution in [0.15, 0.2) is 36.4 Å². The van der Waals surface area contributed by atoms with Gasteiger partial charge in [0.25, 0.3) is 0 Å². The molecule has 0 spiro atoms. The summed E-state index contributed by atoms with van der Waals surface area (Å²) in [4.78, 5) is 12.1. The molecule has 5 nitrogen and oxygen atoms in total. The third-order valence-corrected chi connectivity index (χ3v) is 4.24. The summed E-state index contributed by atoms with van der Waals surface area (Å²) in [6.45, 7) is 5.54. The van der Waals surface area contributed by atoms with Crippen LogP contribution in [0.3, 0.4) is 0 Å². The largest absolute Gasteiger partial charge is 0.472 e. The fourth-order valence-corrected chi connectivity index (χ4v) is 2.94. The number of nitrogens with zero attached hydrogens (tertiary/aromatic N) is 2. The number of benzene rings is 1. The van der Waals surface area contributed by atoms with E-state index in [1.165, 1.54) is 0 Å². The highest BCUT2D eigenvalue weighted by Crippen LogP contribution is 2.29. The van der Waals surface area contributed by atoms with Gasteiger partial charge in [0, 0.05) is 24.7 Å². The average molecular weight is 314 g/mol. The van der Waals surface area contributed by atoms with Crippen molar-refractivity contribution in [1.29, 1.82) is 0 Å². The topological polar surface area (TPSA) is 53.4 Å². The standard InChI is InChI=1S/C18H22N2O3/c1-3-22-18(21)16-9-15-10-17(19-20(15)11-13(16)2)23-12-14-7-5-4-6-8-14/h4-8,10,13,16H,3,9,11-12H2,1-2H3. The van der Waals surface area contributed by atoms with Gasteiger partial charge in [0.1, 0.15) is 6.61 Å². The van der Waals surface area contributed by atoms with Gasteiger partial charge in [-0.2, -0.15) is 0 Å². The zero-order valence-corrected chi connectivity index (χ0v) is 13.6. The van der Waals surface area contributed by atoms with Gasteiger partial charge in [-0.1, -0.05) is 37.3 Å². The minimum atomic E-state index is -0.112. The Morgan fingerprint density at radius 1 is 1.35 bits per heavy atom. The SMILES string of the molecule is CCOC(=O)C1Cc2cc(OCc3ccccc3)nn2CC1C. The normalized spacial score (nSPS) is 19.9. The molecule has 1 aromatic heterocycles. The molecular weight excluding hydrogens is 292 g/mol. The predicted molar refractivity (Wildman–Crippen MR) is 86.0 cm³/mol. The lowest BCUT2D eigenvalue weighted by Gasteiger charge is -2.27. The monoisotopic (exact) mass is 314 g/mol. The Kier molecular flexibility index (Phi) is 4.65. The van der Waals surface area contributed by atoms with Crippen molar-refractivity contribution in [2.24, 2.45) is 11.8 Å². The summed E-state index contributed by atoms with van der Waals surface area (Å²) in [6, 6.07) is 11.9. The smallest absolute Gasteiger partial charge is 0.309 e. The average Bonchev–Trinajstić information content (AvgIpc) is 2.95. The Labute approximate surface area is 136 Å². The third kappa shape index (κ3) is 3.55. The summed E-state index contributed by atoms with van der Waals surface area (Å²) in [7, 11) is 0. The van der Waals surface area contributed by atoms with E-state index in [9.17, 15) is 4.79 Å². The molecule has 0 N–H and O–H groups in total. The zero-order valence-electron chi connectivity index (χ0n) is 13.6. The van der Waals surface area contributed by atoms with Crippen LogP contribution in [0.1, 0.15) is 25.1 Å². The van der Waals surface area contributed by atoms with E-state index in [1.807, 2.05) is 48.0 Å². The number of fused-ring (bicyclic) bond motifs is 1. The van der Waals surface area contributed by atoms with Crippen LogP contribution in [-0.4, -0.2) is 22.4 Å². The van der Waals surface area contributed by atoms with E-state index in [4.69, 9.17) is 9.47 Å². The molecule has 5 heteroatoms. The van der Waals surface area contributed by atoms with E-state index in [-0.39, 0.29) is 17.8 Å². The minimum absolute atomic E-state index is 0.0962. The molecule has 0 saturated heterocycles. The van der Waals surface area contributed by atoms with Gasteiger partial charge in [-0.3, -0.25) is 9.48 Å². The van der Waals surface area contributed by atoms with Gasteiger partial charge in [0.2, 0.25) is 5.88 Å². The molecule has 0 amide bonds. The molecule has 2 unspecified atom stereocenters. The maximum absolute atomic E-state index is 12.1. The van der Waals surface area contributed by atoms with Crippen molar-refractivity contribution in [3.8, 4) is 5.88 Å².